The molecular weight excluding hydrogens is 424 g/mol. The Kier molecular flexibility index (Phi) is 7.96. The summed E-state index contributed by atoms with van der Waals surface area (Å²) in [5.41, 5.74) is 5.46. The standard InChI is InChI=1S/C18H23F2N3O6S/c1-18(2,3)17(26)28-9-27-16(25)13-10(5-4-6-29-22-7-11(19)20)8-30-15-12(21)14(24)23(13)15/h4-5,7,11-12,15H,6,8-9,21H2,1-3H3/b5-4-,22-7?/t12-,15-/m1/s1. The number of fused-ring (bicyclic) bond motifs is 1. The van der Waals surface area contributed by atoms with Crippen molar-refractivity contribution in [2.75, 3.05) is 19.2 Å². The van der Waals surface area contributed by atoms with Crippen molar-refractivity contribution in [2.45, 2.75) is 38.6 Å². The maximum atomic E-state index is 12.6. The predicted octanol–water partition coefficient (Wildman–Crippen LogP) is 1.40. The molecule has 9 nitrogen and oxygen atoms in total. The van der Waals surface area contributed by atoms with Gasteiger partial charge in [-0.1, -0.05) is 11.2 Å². The van der Waals surface area contributed by atoms with Crippen LogP contribution in [-0.2, 0) is 28.7 Å². The van der Waals surface area contributed by atoms with E-state index in [1.54, 1.807) is 20.8 Å². The minimum absolute atomic E-state index is 0.00964. The molecule has 0 spiro atoms. The van der Waals surface area contributed by atoms with Gasteiger partial charge < -0.3 is 20.0 Å². The highest BCUT2D eigenvalue weighted by Gasteiger charge is 2.51. The topological polar surface area (TPSA) is 121 Å². The summed E-state index contributed by atoms with van der Waals surface area (Å²) in [5, 5.41) is 2.67. The van der Waals surface area contributed by atoms with Crippen LogP contribution in [0.2, 0.25) is 0 Å². The van der Waals surface area contributed by atoms with Crippen LogP contribution in [0.4, 0.5) is 8.78 Å². The molecule has 12 heteroatoms. The van der Waals surface area contributed by atoms with E-state index in [9.17, 15) is 23.2 Å². The van der Waals surface area contributed by atoms with Gasteiger partial charge in [-0.15, -0.1) is 11.8 Å². The molecule has 30 heavy (non-hydrogen) atoms. The fraction of sp³-hybridized carbons (Fsp3) is 0.556. The number of thioether (sulfide) groups is 1. The Hall–Kier alpha value is -2.47. The maximum absolute atomic E-state index is 12.6. The first-order valence-electron chi connectivity index (χ1n) is 8.92. The van der Waals surface area contributed by atoms with Crippen LogP contribution in [0.5, 0.6) is 0 Å². The zero-order valence-corrected chi connectivity index (χ0v) is 17.5. The lowest BCUT2D eigenvalue weighted by molar-refractivity contribution is -0.173. The molecule has 2 rings (SSSR count). The van der Waals surface area contributed by atoms with Gasteiger partial charge in [0.15, 0.2) is 0 Å². The van der Waals surface area contributed by atoms with Crippen molar-refractivity contribution in [3.8, 4) is 0 Å². The summed E-state index contributed by atoms with van der Waals surface area (Å²) in [6, 6.07) is -0.728. The zero-order chi connectivity index (χ0) is 22.5. The molecule has 0 aromatic rings. The van der Waals surface area contributed by atoms with Crippen LogP contribution in [0.15, 0.2) is 28.6 Å². The molecule has 1 saturated heterocycles. The second-order valence-corrected chi connectivity index (χ2v) is 8.43. The van der Waals surface area contributed by atoms with Crippen LogP contribution >= 0.6 is 11.8 Å². The fourth-order valence-electron chi connectivity index (χ4n) is 2.44. The van der Waals surface area contributed by atoms with Crippen LogP contribution in [0, 0.1) is 5.41 Å². The summed E-state index contributed by atoms with van der Waals surface area (Å²) in [6.07, 6.45) is 0.584. The van der Waals surface area contributed by atoms with E-state index in [-0.39, 0.29) is 12.3 Å². The lowest BCUT2D eigenvalue weighted by atomic mass is 9.98. The Bertz CT molecular complexity index is 778. The van der Waals surface area contributed by atoms with Gasteiger partial charge in [-0.05, 0) is 32.4 Å². The van der Waals surface area contributed by atoms with E-state index in [0.717, 1.165) is 0 Å². The van der Waals surface area contributed by atoms with E-state index in [2.05, 4.69) is 9.99 Å². The molecule has 0 aliphatic carbocycles. The lowest BCUT2D eigenvalue weighted by Gasteiger charge is -2.48. The number of halogens is 2. The number of hydrogen-bond donors (Lipinski definition) is 1. The average Bonchev–Trinajstić information content (AvgIpc) is 2.68. The van der Waals surface area contributed by atoms with Gasteiger partial charge in [-0.25, -0.2) is 13.6 Å². The summed E-state index contributed by atoms with van der Waals surface area (Å²) < 4.78 is 33.9. The van der Waals surface area contributed by atoms with Crippen molar-refractivity contribution in [1.29, 1.82) is 0 Å². The molecule has 0 aromatic heterocycles. The van der Waals surface area contributed by atoms with Gasteiger partial charge in [0.2, 0.25) is 12.7 Å². The lowest BCUT2D eigenvalue weighted by Crippen LogP contribution is -2.68. The number of ether oxygens (including phenoxy) is 2. The molecule has 2 aliphatic rings. The van der Waals surface area contributed by atoms with Gasteiger partial charge in [0.25, 0.3) is 6.43 Å². The Labute approximate surface area is 176 Å². The van der Waals surface area contributed by atoms with Gasteiger partial charge >= 0.3 is 11.9 Å². The van der Waals surface area contributed by atoms with Gasteiger partial charge in [0.1, 0.15) is 29.9 Å². The number of rotatable bonds is 8. The molecule has 2 atom stereocenters. The van der Waals surface area contributed by atoms with Crippen LogP contribution in [0.1, 0.15) is 20.8 Å². The summed E-state index contributed by atoms with van der Waals surface area (Å²) in [5.74, 6) is -1.48. The van der Waals surface area contributed by atoms with Crippen molar-refractivity contribution < 1.29 is 37.5 Å². The Morgan fingerprint density at radius 1 is 1.37 bits per heavy atom. The molecule has 1 amide bonds. The molecule has 0 radical (unpaired) electrons. The van der Waals surface area contributed by atoms with Crippen LogP contribution in [0.3, 0.4) is 0 Å². The third-order valence-electron chi connectivity index (χ3n) is 3.96. The first-order chi connectivity index (χ1) is 14.0. The molecule has 166 valence electrons. The fourth-order valence-corrected chi connectivity index (χ4v) is 3.71. The van der Waals surface area contributed by atoms with Crippen molar-refractivity contribution in [3.05, 3.63) is 23.4 Å². The monoisotopic (exact) mass is 447 g/mol. The van der Waals surface area contributed by atoms with Gasteiger partial charge in [-0.2, -0.15) is 0 Å². The van der Waals surface area contributed by atoms with E-state index in [1.165, 1.54) is 28.8 Å². The minimum atomic E-state index is -2.72. The van der Waals surface area contributed by atoms with Crippen LogP contribution < -0.4 is 5.73 Å². The van der Waals surface area contributed by atoms with Crippen molar-refractivity contribution in [1.82, 2.24) is 4.90 Å². The minimum Gasteiger partial charge on any atom is -0.427 e. The van der Waals surface area contributed by atoms with E-state index in [0.29, 0.717) is 17.5 Å². The van der Waals surface area contributed by atoms with E-state index >= 15 is 0 Å². The smallest absolute Gasteiger partial charge is 0.358 e. The van der Waals surface area contributed by atoms with Crippen LogP contribution in [0.25, 0.3) is 0 Å². The number of amides is 1. The molecule has 1 fully saturated rings. The summed E-state index contributed by atoms with van der Waals surface area (Å²) in [7, 11) is 0. The number of allylic oxidation sites excluding steroid dienone is 1. The second-order valence-electron chi connectivity index (χ2n) is 7.33. The largest absolute Gasteiger partial charge is 0.427 e. The predicted molar refractivity (Wildman–Crippen MR) is 104 cm³/mol. The Morgan fingerprint density at radius 2 is 2.07 bits per heavy atom. The second kappa shape index (κ2) is 10.0. The molecule has 2 N–H and O–H groups in total. The number of esters is 2. The first kappa shape index (κ1) is 23.8. The quantitative estimate of drug-likeness (QED) is 0.148. The van der Waals surface area contributed by atoms with E-state index in [4.69, 9.17) is 15.2 Å². The number of oxime groups is 1. The number of carbonyl (C=O) groups is 3. The maximum Gasteiger partial charge on any atom is 0.358 e. The van der Waals surface area contributed by atoms with E-state index < -0.39 is 47.9 Å². The third-order valence-corrected chi connectivity index (χ3v) is 5.29. The highest BCUT2D eigenvalue weighted by atomic mass is 32.2. The van der Waals surface area contributed by atoms with Crippen LogP contribution in [-0.4, -0.2) is 66.0 Å². The molecule has 0 aromatic carbocycles. The average molecular weight is 447 g/mol. The van der Waals surface area contributed by atoms with Crippen molar-refractivity contribution >= 4 is 35.8 Å². The Morgan fingerprint density at radius 3 is 2.70 bits per heavy atom. The van der Waals surface area contributed by atoms with E-state index in [1.807, 2.05) is 0 Å². The molecule has 2 heterocycles. The summed E-state index contributed by atoms with van der Waals surface area (Å²) >= 11 is 1.37. The number of carbonyl (C=O) groups excluding carboxylic acids is 3. The highest BCUT2D eigenvalue weighted by molar-refractivity contribution is 8.00. The molecule has 2 aliphatic heterocycles. The SMILES string of the molecule is CC(C)(C)C(=O)OCOC(=O)C1=C(/C=C\CON=CC(F)F)CS[C@@H]2[C@H](N)C(=O)N12. The molecule has 0 unspecified atom stereocenters. The van der Waals surface area contributed by atoms with Crippen molar-refractivity contribution in [3.63, 3.8) is 0 Å². The number of nitrogens with zero attached hydrogens (tertiary/aromatic N) is 2. The summed E-state index contributed by atoms with van der Waals surface area (Å²) in [4.78, 5) is 42.5. The van der Waals surface area contributed by atoms with Gasteiger partial charge in [0, 0.05) is 5.75 Å². The first-order valence-corrected chi connectivity index (χ1v) is 9.96. The number of hydrogen-bond acceptors (Lipinski definition) is 9. The normalized spacial score (nSPS) is 21.8. The number of alkyl halides is 2. The Balaban J connectivity index is 2.08. The van der Waals surface area contributed by atoms with Gasteiger partial charge in [-0.3, -0.25) is 14.5 Å². The highest BCUT2D eigenvalue weighted by Crippen LogP contribution is 2.40. The van der Waals surface area contributed by atoms with Crippen molar-refractivity contribution in [2.24, 2.45) is 16.3 Å². The molecule has 0 bridgehead atoms. The third kappa shape index (κ3) is 5.79. The summed E-state index contributed by atoms with van der Waals surface area (Å²) in [6.45, 7) is 4.23. The number of nitrogens with two attached hydrogens (primary N) is 1. The number of β-lactam (4-membered cyclic amide) rings is 1. The van der Waals surface area contributed by atoms with Gasteiger partial charge in [0.05, 0.1) is 5.41 Å². The zero-order valence-electron chi connectivity index (χ0n) is 16.7. The molecular formula is C18H23F2N3O6S. The molecule has 0 saturated carbocycles.